The van der Waals surface area contributed by atoms with Crippen molar-refractivity contribution in [2.75, 3.05) is 13.7 Å². The van der Waals surface area contributed by atoms with Crippen molar-refractivity contribution >= 4 is 15.9 Å². The van der Waals surface area contributed by atoms with Crippen LogP contribution in [0.2, 0.25) is 0 Å². The van der Waals surface area contributed by atoms with Gasteiger partial charge in [-0.15, -0.1) is 0 Å². The van der Waals surface area contributed by atoms with Crippen molar-refractivity contribution in [3.63, 3.8) is 0 Å². The molecule has 4 heteroatoms. The first-order valence-electron chi connectivity index (χ1n) is 7.66. The molecule has 2 fully saturated rings. The Labute approximate surface area is 135 Å². The second-order valence-corrected chi connectivity index (χ2v) is 7.68. The Morgan fingerprint density at radius 3 is 2.86 bits per heavy atom. The maximum absolute atomic E-state index is 5.87. The van der Waals surface area contributed by atoms with Crippen LogP contribution in [-0.4, -0.2) is 25.9 Å². The molecule has 1 aromatic rings. The summed E-state index contributed by atoms with van der Waals surface area (Å²) in [5.41, 5.74) is 1.50. The molecule has 4 unspecified atom stereocenters. The lowest BCUT2D eigenvalue weighted by atomic mass is 9.57. The minimum atomic E-state index is 0.221. The van der Waals surface area contributed by atoms with E-state index in [9.17, 15) is 0 Å². The van der Waals surface area contributed by atoms with E-state index in [0.717, 1.165) is 16.8 Å². The monoisotopic (exact) mass is 353 g/mol. The number of hydrogen-bond acceptors (Lipinski definition) is 3. The van der Waals surface area contributed by atoms with Gasteiger partial charge in [-0.25, -0.2) is 0 Å². The maximum Gasteiger partial charge on any atom is 0.133 e. The topological polar surface area (TPSA) is 30.5 Å². The number of nitrogens with one attached hydrogen (secondary N) is 1. The van der Waals surface area contributed by atoms with Crippen molar-refractivity contribution < 1.29 is 9.47 Å². The first-order valence-corrected chi connectivity index (χ1v) is 8.45. The minimum Gasteiger partial charge on any atom is -0.496 e. The van der Waals surface area contributed by atoms with Gasteiger partial charge < -0.3 is 14.8 Å². The molecule has 1 N–H and O–H groups in total. The second-order valence-electron chi connectivity index (χ2n) is 6.83. The highest BCUT2D eigenvalue weighted by molar-refractivity contribution is 9.10. The summed E-state index contributed by atoms with van der Waals surface area (Å²) >= 11 is 3.57. The van der Waals surface area contributed by atoms with Gasteiger partial charge in [-0.2, -0.15) is 0 Å². The van der Waals surface area contributed by atoms with Crippen molar-refractivity contribution in [3.8, 4) is 5.75 Å². The Hall–Kier alpha value is -0.580. The molecule has 1 saturated heterocycles. The predicted octanol–water partition coefficient (Wildman–Crippen LogP) is 3.92. The quantitative estimate of drug-likeness (QED) is 0.889. The van der Waals surface area contributed by atoms with E-state index in [1.807, 2.05) is 6.07 Å². The van der Waals surface area contributed by atoms with E-state index >= 15 is 0 Å². The fourth-order valence-electron chi connectivity index (χ4n) is 3.98. The van der Waals surface area contributed by atoms with Gasteiger partial charge in [-0.3, -0.25) is 0 Å². The number of hydrogen-bond donors (Lipinski definition) is 1. The molecule has 21 heavy (non-hydrogen) atoms. The Kier molecular flexibility index (Phi) is 4.06. The molecule has 0 radical (unpaired) electrons. The van der Waals surface area contributed by atoms with Gasteiger partial charge in [0.1, 0.15) is 5.75 Å². The average molecular weight is 354 g/mol. The summed E-state index contributed by atoms with van der Waals surface area (Å²) < 4.78 is 12.2. The molecule has 2 aliphatic rings. The van der Waals surface area contributed by atoms with Crippen LogP contribution in [0.4, 0.5) is 0 Å². The summed E-state index contributed by atoms with van der Waals surface area (Å²) in [6.07, 6.45) is 1.62. The van der Waals surface area contributed by atoms with Crippen LogP contribution >= 0.6 is 15.9 Å². The van der Waals surface area contributed by atoms with Gasteiger partial charge in [0.15, 0.2) is 0 Å². The summed E-state index contributed by atoms with van der Waals surface area (Å²) in [6.45, 7) is 7.77. The molecule has 3 rings (SSSR count). The predicted molar refractivity (Wildman–Crippen MR) is 87.7 cm³/mol. The van der Waals surface area contributed by atoms with Crippen LogP contribution in [0.15, 0.2) is 22.7 Å². The van der Waals surface area contributed by atoms with E-state index in [4.69, 9.17) is 9.47 Å². The first kappa shape index (κ1) is 15.3. The van der Waals surface area contributed by atoms with E-state index in [1.54, 1.807) is 7.11 Å². The van der Waals surface area contributed by atoms with Crippen LogP contribution < -0.4 is 10.1 Å². The zero-order valence-electron chi connectivity index (χ0n) is 13.2. The van der Waals surface area contributed by atoms with E-state index in [2.05, 4.69) is 54.2 Å². The third-order valence-electron chi connectivity index (χ3n) is 5.21. The lowest BCUT2D eigenvalue weighted by Crippen LogP contribution is -2.66. The first-order chi connectivity index (χ1) is 9.95. The van der Waals surface area contributed by atoms with Crippen molar-refractivity contribution in [3.05, 3.63) is 28.2 Å². The van der Waals surface area contributed by atoms with Crippen molar-refractivity contribution in [1.29, 1.82) is 0 Å². The van der Waals surface area contributed by atoms with Crippen LogP contribution in [0.1, 0.15) is 38.8 Å². The third-order valence-corrected chi connectivity index (χ3v) is 5.83. The summed E-state index contributed by atoms with van der Waals surface area (Å²) in [7, 11) is 1.69. The number of ether oxygens (including phenoxy) is 2. The largest absolute Gasteiger partial charge is 0.496 e. The fraction of sp³-hybridized carbons (Fsp3) is 0.647. The fourth-order valence-corrected chi connectivity index (χ4v) is 4.54. The van der Waals surface area contributed by atoms with Crippen molar-refractivity contribution in [2.45, 2.75) is 45.4 Å². The molecule has 0 amide bonds. The van der Waals surface area contributed by atoms with Crippen LogP contribution in [0.25, 0.3) is 0 Å². The van der Waals surface area contributed by atoms with Gasteiger partial charge in [0, 0.05) is 30.0 Å². The highest BCUT2D eigenvalue weighted by atomic mass is 79.9. The minimum absolute atomic E-state index is 0.221. The van der Waals surface area contributed by atoms with E-state index in [-0.39, 0.29) is 5.41 Å². The molecule has 4 atom stereocenters. The second kappa shape index (κ2) is 5.56. The van der Waals surface area contributed by atoms with E-state index in [0.29, 0.717) is 24.1 Å². The molecule has 1 aliphatic heterocycles. The lowest BCUT2D eigenvalue weighted by molar-refractivity contribution is -0.115. The molecule has 0 bridgehead atoms. The summed E-state index contributed by atoms with van der Waals surface area (Å²) in [6, 6.07) is 7.14. The van der Waals surface area contributed by atoms with E-state index in [1.165, 1.54) is 12.0 Å². The molecule has 1 saturated carbocycles. The van der Waals surface area contributed by atoms with Crippen LogP contribution in [-0.2, 0) is 4.74 Å². The SMILES string of the molecule is COc1ccc(C(C)NC2C3CCOC3C2(C)C)cc1Br. The highest BCUT2D eigenvalue weighted by Crippen LogP contribution is 2.52. The molecule has 1 aliphatic carbocycles. The Balaban J connectivity index is 1.72. The van der Waals surface area contributed by atoms with E-state index < -0.39 is 0 Å². The lowest BCUT2D eigenvalue weighted by Gasteiger charge is -2.55. The number of halogens is 1. The summed E-state index contributed by atoms with van der Waals surface area (Å²) in [5, 5.41) is 3.82. The van der Waals surface area contributed by atoms with Crippen molar-refractivity contribution in [2.24, 2.45) is 11.3 Å². The normalized spacial score (nSPS) is 31.4. The molecule has 1 heterocycles. The van der Waals surface area contributed by atoms with Gasteiger partial charge in [0.25, 0.3) is 0 Å². The standard InChI is InChI=1S/C17H24BrNO2/c1-10(11-5-6-14(20-4)13(18)9-11)19-15-12-7-8-21-16(12)17(15,2)3/h5-6,9-10,12,15-16,19H,7-8H2,1-4H3. The highest BCUT2D eigenvalue weighted by Gasteiger charge is 2.59. The Morgan fingerprint density at radius 1 is 1.43 bits per heavy atom. The molecular weight excluding hydrogens is 330 g/mol. The maximum atomic E-state index is 5.87. The zero-order valence-corrected chi connectivity index (χ0v) is 14.7. The third kappa shape index (κ3) is 2.51. The van der Waals surface area contributed by atoms with Gasteiger partial charge >= 0.3 is 0 Å². The molecular formula is C17H24BrNO2. The van der Waals surface area contributed by atoms with Crippen LogP contribution in [0, 0.1) is 11.3 Å². The van der Waals surface area contributed by atoms with Crippen LogP contribution in [0.5, 0.6) is 5.75 Å². The van der Waals surface area contributed by atoms with Crippen LogP contribution in [0.3, 0.4) is 0 Å². The van der Waals surface area contributed by atoms with Gasteiger partial charge in [0.05, 0.1) is 17.7 Å². The Bertz CT molecular complexity index is 532. The zero-order chi connectivity index (χ0) is 15.2. The van der Waals surface area contributed by atoms with Gasteiger partial charge in [0.2, 0.25) is 0 Å². The summed E-state index contributed by atoms with van der Waals surface area (Å²) in [5.74, 6) is 1.54. The Morgan fingerprint density at radius 2 is 2.19 bits per heavy atom. The number of rotatable bonds is 4. The summed E-state index contributed by atoms with van der Waals surface area (Å²) in [4.78, 5) is 0. The number of fused-ring (bicyclic) bond motifs is 1. The average Bonchev–Trinajstić information content (AvgIpc) is 2.91. The number of methoxy groups -OCH3 is 1. The van der Waals surface area contributed by atoms with Gasteiger partial charge in [-0.1, -0.05) is 19.9 Å². The molecule has 1 aromatic carbocycles. The molecule has 0 spiro atoms. The van der Waals surface area contributed by atoms with Crippen molar-refractivity contribution in [1.82, 2.24) is 5.32 Å². The number of benzene rings is 1. The molecule has 3 nitrogen and oxygen atoms in total. The van der Waals surface area contributed by atoms with Gasteiger partial charge in [-0.05, 0) is 47.0 Å². The molecule has 0 aromatic heterocycles. The molecule has 116 valence electrons. The smallest absolute Gasteiger partial charge is 0.133 e.